The van der Waals surface area contributed by atoms with Gasteiger partial charge in [-0.05, 0) is 69.2 Å². The monoisotopic (exact) mass is 492 g/mol. The average molecular weight is 493 g/mol. The van der Waals surface area contributed by atoms with E-state index in [0.717, 1.165) is 16.9 Å². The highest BCUT2D eigenvalue weighted by Crippen LogP contribution is 2.31. The Hall–Kier alpha value is -3.65. The van der Waals surface area contributed by atoms with Gasteiger partial charge < -0.3 is 14.2 Å². The first-order chi connectivity index (χ1) is 16.8. The van der Waals surface area contributed by atoms with Gasteiger partial charge in [-0.3, -0.25) is 9.36 Å². The Morgan fingerprint density at radius 1 is 1.11 bits per heavy atom. The lowest BCUT2D eigenvalue weighted by atomic mass is 9.96. The van der Waals surface area contributed by atoms with E-state index in [4.69, 9.17) is 14.2 Å². The summed E-state index contributed by atoms with van der Waals surface area (Å²) in [4.78, 5) is 31.8. The number of fused-ring (bicyclic) bond motifs is 1. The van der Waals surface area contributed by atoms with Crippen LogP contribution < -0.4 is 24.4 Å². The molecule has 0 N–H and O–H groups in total. The lowest BCUT2D eigenvalue weighted by molar-refractivity contribution is -0.139. The van der Waals surface area contributed by atoms with E-state index in [1.165, 1.54) is 11.3 Å². The van der Waals surface area contributed by atoms with Crippen molar-refractivity contribution in [1.82, 2.24) is 4.57 Å². The van der Waals surface area contributed by atoms with Gasteiger partial charge in [0.2, 0.25) is 0 Å². The number of ether oxygens (including phenoxy) is 3. The zero-order valence-electron chi connectivity index (χ0n) is 20.4. The largest absolute Gasteiger partial charge is 0.497 e. The highest BCUT2D eigenvalue weighted by molar-refractivity contribution is 7.07. The van der Waals surface area contributed by atoms with Crippen molar-refractivity contribution in [3.05, 3.63) is 90.6 Å². The first-order valence-corrected chi connectivity index (χ1v) is 12.2. The van der Waals surface area contributed by atoms with E-state index in [1.807, 2.05) is 68.5 Å². The highest BCUT2D eigenvalue weighted by Gasteiger charge is 2.33. The van der Waals surface area contributed by atoms with Crippen molar-refractivity contribution in [2.24, 2.45) is 4.99 Å². The van der Waals surface area contributed by atoms with Crippen LogP contribution in [0.2, 0.25) is 0 Å². The van der Waals surface area contributed by atoms with Crippen molar-refractivity contribution in [2.45, 2.75) is 39.8 Å². The van der Waals surface area contributed by atoms with Crippen LogP contribution in [0.4, 0.5) is 0 Å². The van der Waals surface area contributed by atoms with Crippen LogP contribution in [0, 0.1) is 0 Å². The van der Waals surface area contributed by atoms with E-state index in [1.54, 1.807) is 25.5 Å². The van der Waals surface area contributed by atoms with Gasteiger partial charge in [0.1, 0.15) is 11.5 Å². The van der Waals surface area contributed by atoms with Gasteiger partial charge in [0.25, 0.3) is 5.56 Å². The van der Waals surface area contributed by atoms with Crippen LogP contribution in [0.15, 0.2) is 69.6 Å². The molecule has 0 radical (unpaired) electrons. The van der Waals surface area contributed by atoms with Gasteiger partial charge >= 0.3 is 5.97 Å². The van der Waals surface area contributed by atoms with Crippen LogP contribution in [-0.4, -0.2) is 30.4 Å². The van der Waals surface area contributed by atoms with Gasteiger partial charge in [0, 0.05) is 0 Å². The molecule has 0 spiro atoms. The van der Waals surface area contributed by atoms with Crippen LogP contribution >= 0.6 is 11.3 Å². The summed E-state index contributed by atoms with van der Waals surface area (Å²) in [5.74, 6) is 0.975. The SMILES string of the molecule is CCOC(=O)C1=C(C)N=c2s/c(=C/c3ccc(OC)cc3)c(=O)n2[C@@H]1c1ccc(OC(C)C)cc1. The molecule has 4 rings (SSSR count). The maximum atomic E-state index is 13.6. The zero-order chi connectivity index (χ0) is 25.1. The fourth-order valence-corrected chi connectivity index (χ4v) is 5.01. The third-order valence-electron chi connectivity index (χ3n) is 5.50. The zero-order valence-corrected chi connectivity index (χ0v) is 21.2. The Morgan fingerprint density at radius 3 is 2.37 bits per heavy atom. The van der Waals surface area contributed by atoms with Crippen molar-refractivity contribution in [3.8, 4) is 11.5 Å². The molecule has 7 nitrogen and oxygen atoms in total. The highest BCUT2D eigenvalue weighted by atomic mass is 32.1. The number of thiazole rings is 1. The summed E-state index contributed by atoms with van der Waals surface area (Å²) in [6.07, 6.45) is 1.86. The summed E-state index contributed by atoms with van der Waals surface area (Å²) in [6, 6.07) is 14.2. The Kier molecular flexibility index (Phi) is 7.21. The summed E-state index contributed by atoms with van der Waals surface area (Å²) >= 11 is 1.29. The molecule has 182 valence electrons. The normalized spacial score (nSPS) is 15.6. The van der Waals surface area contributed by atoms with E-state index in [9.17, 15) is 9.59 Å². The number of aromatic nitrogens is 1. The van der Waals surface area contributed by atoms with E-state index in [0.29, 0.717) is 26.4 Å². The quantitative estimate of drug-likeness (QED) is 0.471. The van der Waals surface area contributed by atoms with Gasteiger partial charge in [-0.15, -0.1) is 0 Å². The summed E-state index contributed by atoms with van der Waals surface area (Å²) < 4.78 is 18.4. The molecule has 2 aromatic carbocycles. The second kappa shape index (κ2) is 10.3. The smallest absolute Gasteiger partial charge is 0.338 e. The van der Waals surface area contributed by atoms with Crippen molar-refractivity contribution in [2.75, 3.05) is 13.7 Å². The van der Waals surface area contributed by atoms with Gasteiger partial charge in [0.15, 0.2) is 4.80 Å². The standard InChI is InChI=1S/C27H28N2O5S/c1-6-33-26(31)23-17(4)28-27-29(24(23)19-9-13-21(14-10-19)34-16(2)3)25(30)22(35-27)15-18-7-11-20(32-5)12-8-18/h7-16,24H,6H2,1-5H3/b22-15+/t24-/m1/s1. The fraction of sp³-hybridized carbons (Fsp3) is 0.296. The number of carbonyl (C=O) groups is 1. The van der Waals surface area contributed by atoms with E-state index in [-0.39, 0.29) is 18.3 Å². The molecule has 2 heterocycles. The minimum Gasteiger partial charge on any atom is -0.497 e. The topological polar surface area (TPSA) is 79.1 Å². The van der Waals surface area contributed by atoms with Crippen molar-refractivity contribution in [1.29, 1.82) is 0 Å². The number of rotatable bonds is 7. The van der Waals surface area contributed by atoms with E-state index < -0.39 is 12.0 Å². The van der Waals surface area contributed by atoms with Crippen molar-refractivity contribution >= 4 is 23.4 Å². The first kappa shape index (κ1) is 24.5. The number of hydrogen-bond donors (Lipinski definition) is 0. The average Bonchev–Trinajstić information content (AvgIpc) is 3.13. The molecule has 0 unspecified atom stereocenters. The maximum Gasteiger partial charge on any atom is 0.338 e. The number of nitrogens with zero attached hydrogens (tertiary/aromatic N) is 2. The first-order valence-electron chi connectivity index (χ1n) is 11.4. The summed E-state index contributed by atoms with van der Waals surface area (Å²) in [5, 5.41) is 0. The minimum absolute atomic E-state index is 0.0358. The molecule has 1 aliphatic heterocycles. The van der Waals surface area contributed by atoms with Crippen LogP contribution in [-0.2, 0) is 9.53 Å². The molecular formula is C27H28N2O5S. The maximum absolute atomic E-state index is 13.6. The van der Waals surface area contributed by atoms with E-state index >= 15 is 0 Å². The van der Waals surface area contributed by atoms with Gasteiger partial charge in [-0.1, -0.05) is 35.6 Å². The molecule has 0 fully saturated rings. The number of allylic oxidation sites excluding steroid dienone is 1. The summed E-state index contributed by atoms with van der Waals surface area (Å²) in [7, 11) is 1.61. The van der Waals surface area contributed by atoms with Gasteiger partial charge in [0.05, 0.1) is 41.7 Å². The van der Waals surface area contributed by atoms with Crippen LogP contribution in [0.1, 0.15) is 44.9 Å². The molecule has 0 saturated carbocycles. The molecule has 3 aromatic rings. The van der Waals surface area contributed by atoms with Crippen LogP contribution in [0.25, 0.3) is 6.08 Å². The number of benzene rings is 2. The molecule has 35 heavy (non-hydrogen) atoms. The summed E-state index contributed by atoms with van der Waals surface area (Å²) in [5.41, 5.74) is 2.31. The van der Waals surface area contributed by atoms with E-state index in [2.05, 4.69) is 4.99 Å². The summed E-state index contributed by atoms with van der Waals surface area (Å²) in [6.45, 7) is 7.67. The Labute approximate surface area is 207 Å². The molecule has 0 amide bonds. The minimum atomic E-state index is -0.656. The molecule has 8 heteroatoms. The molecular weight excluding hydrogens is 464 g/mol. The van der Waals surface area contributed by atoms with Crippen LogP contribution in [0.3, 0.4) is 0 Å². The number of carbonyl (C=O) groups excluding carboxylic acids is 1. The second-order valence-electron chi connectivity index (χ2n) is 8.31. The van der Waals surface area contributed by atoms with Gasteiger partial charge in [-0.25, -0.2) is 9.79 Å². The Bertz CT molecular complexity index is 1430. The lowest BCUT2D eigenvalue weighted by Gasteiger charge is -2.25. The molecule has 0 bridgehead atoms. The third kappa shape index (κ3) is 5.07. The lowest BCUT2D eigenvalue weighted by Crippen LogP contribution is -2.39. The molecule has 1 aromatic heterocycles. The van der Waals surface area contributed by atoms with Gasteiger partial charge in [-0.2, -0.15) is 0 Å². The predicted molar refractivity (Wildman–Crippen MR) is 136 cm³/mol. The molecule has 1 atom stereocenters. The molecule has 0 aliphatic carbocycles. The molecule has 0 saturated heterocycles. The molecule has 1 aliphatic rings. The Morgan fingerprint density at radius 2 is 1.77 bits per heavy atom. The van der Waals surface area contributed by atoms with Crippen LogP contribution in [0.5, 0.6) is 11.5 Å². The number of hydrogen-bond acceptors (Lipinski definition) is 7. The third-order valence-corrected chi connectivity index (χ3v) is 6.48. The predicted octanol–water partition coefficient (Wildman–Crippen LogP) is 3.59. The fourth-order valence-electron chi connectivity index (χ4n) is 3.96. The van der Waals surface area contributed by atoms with Crippen molar-refractivity contribution < 1.29 is 19.0 Å². The van der Waals surface area contributed by atoms with Crippen molar-refractivity contribution in [3.63, 3.8) is 0 Å². The number of esters is 1. The second-order valence-corrected chi connectivity index (χ2v) is 9.32. The number of methoxy groups -OCH3 is 1. The Balaban J connectivity index is 1.87.